The van der Waals surface area contributed by atoms with Gasteiger partial charge in [0.25, 0.3) is 0 Å². The summed E-state index contributed by atoms with van der Waals surface area (Å²) in [6.45, 7) is 8.43. The van der Waals surface area contributed by atoms with Crippen molar-refractivity contribution in [2.75, 3.05) is 0 Å². The summed E-state index contributed by atoms with van der Waals surface area (Å²) in [4.78, 5) is 0. The van der Waals surface area contributed by atoms with Gasteiger partial charge in [0.2, 0.25) is 0 Å². The molecule has 44 valence electrons. The first kappa shape index (κ1) is 7.15. The van der Waals surface area contributed by atoms with Crippen molar-refractivity contribution in [2.45, 2.75) is 6.92 Å². The van der Waals surface area contributed by atoms with Gasteiger partial charge >= 0.3 is 0 Å². The number of hydrogen-bond acceptors (Lipinski definition) is 0. The molecule has 0 saturated heterocycles. The quantitative estimate of drug-likeness (QED) is 0.481. The van der Waals surface area contributed by atoms with Crippen LogP contribution in [0, 0.1) is 0 Å². The van der Waals surface area contributed by atoms with Crippen LogP contribution in [-0.2, 0) is 0 Å². The average Bonchev–Trinajstić information content (AvgIpc) is 1.65. The van der Waals surface area contributed by atoms with Crippen LogP contribution in [0.5, 0.6) is 0 Å². The van der Waals surface area contributed by atoms with Crippen molar-refractivity contribution in [2.24, 2.45) is 0 Å². The summed E-state index contributed by atoms with van der Waals surface area (Å²) in [6, 6.07) is 0. The van der Waals surface area contributed by atoms with Crippen molar-refractivity contribution in [1.29, 1.82) is 0 Å². The number of hydrogen-bond donors (Lipinski definition) is 0. The lowest BCUT2D eigenvalue weighted by atomic mass is 10.3. The predicted molar refractivity (Wildman–Crippen MR) is 34.2 cm³/mol. The molecule has 0 amide bonds. The van der Waals surface area contributed by atoms with Crippen molar-refractivity contribution in [3.63, 3.8) is 0 Å². The lowest BCUT2D eigenvalue weighted by Crippen LogP contribution is -1.64. The van der Waals surface area contributed by atoms with Crippen molar-refractivity contribution in [3.05, 3.63) is 36.7 Å². The molecule has 0 saturated carbocycles. The van der Waals surface area contributed by atoms with Crippen LogP contribution in [0.25, 0.3) is 0 Å². The smallest absolute Gasteiger partial charge is 0.122 e. The summed E-state index contributed by atoms with van der Waals surface area (Å²) in [5.74, 6) is -0.336. The Morgan fingerprint density at radius 3 is 2.25 bits per heavy atom. The van der Waals surface area contributed by atoms with E-state index >= 15 is 0 Å². The molecule has 0 nitrogen and oxygen atoms in total. The van der Waals surface area contributed by atoms with Crippen molar-refractivity contribution < 1.29 is 4.39 Å². The lowest BCUT2D eigenvalue weighted by Gasteiger charge is -1.83. The zero-order chi connectivity index (χ0) is 6.57. The van der Waals surface area contributed by atoms with E-state index in [1.165, 1.54) is 6.08 Å². The summed E-state index contributed by atoms with van der Waals surface area (Å²) in [5, 5.41) is 0. The minimum atomic E-state index is -0.336. The molecule has 1 heteroatoms. The van der Waals surface area contributed by atoms with E-state index in [0.717, 1.165) is 6.08 Å². The van der Waals surface area contributed by atoms with Crippen LogP contribution < -0.4 is 0 Å². The molecule has 0 N–H and O–H groups in total. The van der Waals surface area contributed by atoms with Crippen LogP contribution in [0.1, 0.15) is 6.92 Å². The molecule has 0 aromatic carbocycles. The zero-order valence-electron chi connectivity index (χ0n) is 4.95. The Morgan fingerprint density at radius 1 is 1.62 bits per heavy atom. The average molecular weight is 112 g/mol. The Kier molecular flexibility index (Phi) is 2.85. The van der Waals surface area contributed by atoms with Crippen molar-refractivity contribution in [3.8, 4) is 0 Å². The van der Waals surface area contributed by atoms with Crippen LogP contribution in [0.2, 0.25) is 0 Å². The van der Waals surface area contributed by atoms with Gasteiger partial charge in [0.15, 0.2) is 0 Å². The van der Waals surface area contributed by atoms with Crippen molar-refractivity contribution >= 4 is 0 Å². The Morgan fingerprint density at radius 2 is 2.12 bits per heavy atom. The Labute approximate surface area is 49.0 Å². The molecule has 0 aromatic heterocycles. The van der Waals surface area contributed by atoms with E-state index in [9.17, 15) is 4.39 Å². The molecule has 0 heterocycles. The topological polar surface area (TPSA) is 0 Å². The minimum Gasteiger partial charge on any atom is -0.207 e. The minimum absolute atomic E-state index is 0.336. The molecular formula is C7H9F. The molecule has 0 radical (unpaired) electrons. The SMILES string of the molecule is C=CC(F)=CC(=C)C. The molecule has 0 aromatic rings. The fraction of sp³-hybridized carbons (Fsp3) is 0.143. The van der Waals surface area contributed by atoms with E-state index < -0.39 is 0 Å². The van der Waals surface area contributed by atoms with Crippen LogP contribution in [0.3, 0.4) is 0 Å². The fourth-order valence-electron chi connectivity index (χ4n) is 0.294. The van der Waals surface area contributed by atoms with Gasteiger partial charge < -0.3 is 0 Å². The summed E-state index contributed by atoms with van der Waals surface area (Å²) in [7, 11) is 0. The predicted octanol–water partition coefficient (Wildman–Crippen LogP) is 2.60. The van der Waals surface area contributed by atoms with E-state index in [4.69, 9.17) is 0 Å². The van der Waals surface area contributed by atoms with Crippen molar-refractivity contribution in [1.82, 2.24) is 0 Å². The first-order valence-electron chi connectivity index (χ1n) is 2.32. The molecule has 0 fully saturated rings. The van der Waals surface area contributed by atoms with Gasteiger partial charge in [-0.1, -0.05) is 18.7 Å². The molecule has 0 unspecified atom stereocenters. The zero-order valence-corrected chi connectivity index (χ0v) is 4.95. The van der Waals surface area contributed by atoms with Gasteiger partial charge in [0.05, 0.1) is 0 Å². The number of rotatable bonds is 2. The van der Waals surface area contributed by atoms with Crippen LogP contribution in [0.4, 0.5) is 4.39 Å². The third-order valence-corrected chi connectivity index (χ3v) is 0.579. The van der Waals surface area contributed by atoms with Gasteiger partial charge in [-0.25, -0.2) is 4.39 Å². The van der Waals surface area contributed by atoms with E-state index in [1.807, 2.05) is 0 Å². The van der Waals surface area contributed by atoms with E-state index in [2.05, 4.69) is 13.2 Å². The van der Waals surface area contributed by atoms with Gasteiger partial charge in [-0.15, -0.1) is 0 Å². The molecule has 0 atom stereocenters. The fourth-order valence-corrected chi connectivity index (χ4v) is 0.294. The highest BCUT2D eigenvalue weighted by Crippen LogP contribution is 2.00. The summed E-state index contributed by atoms with van der Waals surface area (Å²) < 4.78 is 12.1. The van der Waals surface area contributed by atoms with Gasteiger partial charge in [0.1, 0.15) is 5.83 Å². The largest absolute Gasteiger partial charge is 0.207 e. The second-order valence-electron chi connectivity index (χ2n) is 1.58. The summed E-state index contributed by atoms with van der Waals surface area (Å²) in [5.41, 5.74) is 0.697. The number of halogens is 1. The second-order valence-corrected chi connectivity index (χ2v) is 1.58. The van der Waals surface area contributed by atoms with Crippen LogP contribution >= 0.6 is 0 Å². The van der Waals surface area contributed by atoms with E-state index in [-0.39, 0.29) is 5.83 Å². The highest BCUT2D eigenvalue weighted by Gasteiger charge is 1.81. The number of allylic oxidation sites excluding steroid dienone is 4. The highest BCUT2D eigenvalue weighted by atomic mass is 19.1. The maximum absolute atomic E-state index is 12.1. The molecule has 0 aliphatic carbocycles. The van der Waals surface area contributed by atoms with Gasteiger partial charge in [-0.2, -0.15) is 0 Å². The molecule has 0 bridgehead atoms. The van der Waals surface area contributed by atoms with Crippen LogP contribution in [0.15, 0.2) is 36.7 Å². The third-order valence-electron chi connectivity index (χ3n) is 0.579. The maximum Gasteiger partial charge on any atom is 0.122 e. The van der Waals surface area contributed by atoms with E-state index in [0.29, 0.717) is 5.57 Å². The first-order valence-corrected chi connectivity index (χ1v) is 2.32. The summed E-state index contributed by atoms with van der Waals surface area (Å²) in [6.07, 6.45) is 2.47. The normalized spacial score (nSPS) is 11.0. The maximum atomic E-state index is 12.1. The molecule has 0 rings (SSSR count). The standard InChI is InChI=1S/C7H9F/c1-4-7(8)5-6(2)3/h4-5H,1-2H2,3H3. The lowest BCUT2D eigenvalue weighted by molar-refractivity contribution is 0.666. The first-order chi connectivity index (χ1) is 3.66. The Bertz CT molecular complexity index is 131. The summed E-state index contributed by atoms with van der Waals surface area (Å²) >= 11 is 0. The second kappa shape index (κ2) is 3.19. The monoisotopic (exact) mass is 112 g/mol. The molecule has 0 aliphatic heterocycles. The van der Waals surface area contributed by atoms with E-state index in [1.54, 1.807) is 6.92 Å². The highest BCUT2D eigenvalue weighted by molar-refractivity contribution is 5.20. The van der Waals surface area contributed by atoms with Gasteiger partial charge in [0, 0.05) is 0 Å². The van der Waals surface area contributed by atoms with Gasteiger partial charge in [-0.3, -0.25) is 0 Å². The molecule has 8 heavy (non-hydrogen) atoms. The Hall–Kier alpha value is -0.850. The molecule has 0 aliphatic rings. The Balaban J connectivity index is 3.94. The molecule has 0 spiro atoms. The molecular weight excluding hydrogens is 103 g/mol. The van der Waals surface area contributed by atoms with Gasteiger partial charge in [-0.05, 0) is 19.1 Å². The third kappa shape index (κ3) is 3.34. The van der Waals surface area contributed by atoms with Crippen LogP contribution in [-0.4, -0.2) is 0 Å².